The average Bonchev–Trinajstić information content (AvgIpc) is 2.63. The van der Waals surface area contributed by atoms with Gasteiger partial charge in [0.25, 0.3) is 5.91 Å². The second kappa shape index (κ2) is 9.05. The van der Waals surface area contributed by atoms with Gasteiger partial charge in [-0.2, -0.15) is 0 Å². The topological polar surface area (TPSA) is 88.2 Å². The van der Waals surface area contributed by atoms with Crippen molar-refractivity contribution in [2.45, 2.75) is 43.2 Å². The number of carbonyl (C=O) groups is 1. The first-order chi connectivity index (χ1) is 12.3. The lowest BCUT2D eigenvalue weighted by Gasteiger charge is -2.11. The molecule has 0 bridgehead atoms. The quantitative estimate of drug-likeness (QED) is 0.716. The van der Waals surface area contributed by atoms with Crippen molar-refractivity contribution < 1.29 is 13.2 Å². The standard InChI is InChI=1S/C18H23N3O3S2/c1-4-13(3)20-18(22)14-6-11-17(19-12-14)25-16-9-7-15(8-10-16)21-26(23,24)5-2/h6-13,21H,4-5H2,1-3H3,(H,20,22). The van der Waals surface area contributed by atoms with E-state index in [1.807, 2.05) is 26.0 Å². The molecule has 0 saturated heterocycles. The molecule has 1 atom stereocenters. The minimum absolute atomic E-state index is 0.0321. The predicted octanol–water partition coefficient (Wildman–Crippen LogP) is 3.52. The molecule has 8 heteroatoms. The van der Waals surface area contributed by atoms with Crippen molar-refractivity contribution >= 4 is 33.4 Å². The average molecular weight is 394 g/mol. The van der Waals surface area contributed by atoms with E-state index in [1.165, 1.54) is 11.8 Å². The molecule has 1 amide bonds. The van der Waals surface area contributed by atoms with Crippen molar-refractivity contribution in [3.63, 3.8) is 0 Å². The van der Waals surface area contributed by atoms with E-state index < -0.39 is 10.0 Å². The first-order valence-electron chi connectivity index (χ1n) is 8.38. The molecule has 2 rings (SSSR count). The molecule has 0 aliphatic heterocycles. The van der Waals surface area contributed by atoms with Crippen LogP contribution in [0.4, 0.5) is 5.69 Å². The fraction of sp³-hybridized carbons (Fsp3) is 0.333. The third-order valence-electron chi connectivity index (χ3n) is 3.72. The Morgan fingerprint density at radius 3 is 2.38 bits per heavy atom. The summed E-state index contributed by atoms with van der Waals surface area (Å²) in [6.07, 6.45) is 2.43. The summed E-state index contributed by atoms with van der Waals surface area (Å²) in [7, 11) is -3.28. The summed E-state index contributed by atoms with van der Waals surface area (Å²) in [5.41, 5.74) is 1.06. The lowest BCUT2D eigenvalue weighted by molar-refractivity contribution is 0.0939. The molecule has 26 heavy (non-hydrogen) atoms. The minimum Gasteiger partial charge on any atom is -0.350 e. The van der Waals surface area contributed by atoms with Gasteiger partial charge in [-0.1, -0.05) is 18.7 Å². The molecule has 0 fully saturated rings. The molecule has 2 aromatic rings. The largest absolute Gasteiger partial charge is 0.350 e. The van der Waals surface area contributed by atoms with E-state index in [9.17, 15) is 13.2 Å². The van der Waals surface area contributed by atoms with Crippen LogP contribution in [0.15, 0.2) is 52.5 Å². The van der Waals surface area contributed by atoms with E-state index in [2.05, 4.69) is 15.0 Å². The zero-order valence-corrected chi connectivity index (χ0v) is 16.7. The Kier molecular flexibility index (Phi) is 7.05. The molecule has 1 heterocycles. The predicted molar refractivity (Wildman–Crippen MR) is 105 cm³/mol. The Hall–Kier alpha value is -2.06. The second-order valence-corrected chi connectivity index (χ2v) is 8.90. The monoisotopic (exact) mass is 393 g/mol. The lowest BCUT2D eigenvalue weighted by atomic mass is 10.2. The zero-order chi connectivity index (χ0) is 19.2. The van der Waals surface area contributed by atoms with E-state index in [0.717, 1.165) is 16.3 Å². The zero-order valence-electron chi connectivity index (χ0n) is 15.0. The number of carbonyl (C=O) groups excluding carboxylic acids is 1. The molecule has 0 aliphatic carbocycles. The highest BCUT2D eigenvalue weighted by Crippen LogP contribution is 2.27. The number of hydrogen-bond acceptors (Lipinski definition) is 5. The fourth-order valence-corrected chi connectivity index (χ4v) is 3.34. The highest BCUT2D eigenvalue weighted by molar-refractivity contribution is 7.99. The molecule has 2 N–H and O–H groups in total. The summed E-state index contributed by atoms with van der Waals surface area (Å²) >= 11 is 1.44. The van der Waals surface area contributed by atoms with Gasteiger partial charge in [0, 0.05) is 22.8 Å². The van der Waals surface area contributed by atoms with Gasteiger partial charge in [-0.05, 0) is 56.7 Å². The Labute approximate surface area is 158 Å². The van der Waals surface area contributed by atoms with Crippen molar-refractivity contribution in [3.8, 4) is 0 Å². The Morgan fingerprint density at radius 1 is 1.15 bits per heavy atom. The smallest absolute Gasteiger partial charge is 0.253 e. The molecule has 1 aromatic heterocycles. The minimum atomic E-state index is -3.28. The molecule has 0 radical (unpaired) electrons. The number of hydrogen-bond donors (Lipinski definition) is 2. The van der Waals surface area contributed by atoms with Crippen LogP contribution in [0, 0.1) is 0 Å². The van der Waals surface area contributed by atoms with Crippen LogP contribution in [0.3, 0.4) is 0 Å². The van der Waals surface area contributed by atoms with Gasteiger partial charge in [-0.3, -0.25) is 9.52 Å². The van der Waals surface area contributed by atoms with Crippen LogP contribution in [0.2, 0.25) is 0 Å². The molecule has 140 valence electrons. The number of amides is 1. The highest BCUT2D eigenvalue weighted by atomic mass is 32.2. The summed E-state index contributed by atoms with van der Waals surface area (Å²) in [4.78, 5) is 17.3. The van der Waals surface area contributed by atoms with Crippen LogP contribution in [-0.2, 0) is 10.0 Å². The molecule has 0 spiro atoms. The second-order valence-electron chi connectivity index (χ2n) is 5.80. The Morgan fingerprint density at radius 2 is 1.85 bits per heavy atom. The number of anilines is 1. The number of nitrogens with zero attached hydrogens (tertiary/aromatic N) is 1. The van der Waals surface area contributed by atoms with E-state index >= 15 is 0 Å². The molecule has 6 nitrogen and oxygen atoms in total. The Balaban J connectivity index is 1.99. The maximum atomic E-state index is 12.0. The number of sulfonamides is 1. The number of pyridine rings is 1. The van der Waals surface area contributed by atoms with Crippen LogP contribution >= 0.6 is 11.8 Å². The van der Waals surface area contributed by atoms with Crippen LogP contribution in [-0.4, -0.2) is 31.1 Å². The van der Waals surface area contributed by atoms with Gasteiger partial charge in [-0.25, -0.2) is 13.4 Å². The van der Waals surface area contributed by atoms with E-state index in [4.69, 9.17) is 0 Å². The van der Waals surface area contributed by atoms with Crippen LogP contribution in [0.5, 0.6) is 0 Å². The third kappa shape index (κ3) is 6.03. The number of rotatable bonds is 8. The normalized spacial score (nSPS) is 12.4. The van der Waals surface area contributed by atoms with Gasteiger partial charge in [-0.15, -0.1) is 0 Å². The lowest BCUT2D eigenvalue weighted by Crippen LogP contribution is -2.31. The van der Waals surface area contributed by atoms with Gasteiger partial charge in [0.05, 0.1) is 11.3 Å². The van der Waals surface area contributed by atoms with Crippen LogP contribution in [0.1, 0.15) is 37.6 Å². The number of nitrogens with one attached hydrogen (secondary N) is 2. The first-order valence-corrected chi connectivity index (χ1v) is 10.8. The van der Waals surface area contributed by atoms with Crippen molar-refractivity contribution in [2.24, 2.45) is 0 Å². The van der Waals surface area contributed by atoms with Crippen LogP contribution in [0.25, 0.3) is 0 Å². The summed E-state index contributed by atoms with van der Waals surface area (Å²) in [5.74, 6) is -0.0966. The van der Waals surface area contributed by atoms with Crippen molar-refractivity contribution in [1.29, 1.82) is 0 Å². The van der Waals surface area contributed by atoms with Gasteiger partial charge < -0.3 is 5.32 Å². The van der Waals surface area contributed by atoms with Crippen molar-refractivity contribution in [1.82, 2.24) is 10.3 Å². The SMILES string of the molecule is CCC(C)NC(=O)c1ccc(Sc2ccc(NS(=O)(=O)CC)cc2)nc1. The van der Waals surface area contributed by atoms with Crippen molar-refractivity contribution in [2.75, 3.05) is 10.5 Å². The molecule has 0 saturated carbocycles. The molecule has 1 aromatic carbocycles. The Bertz CT molecular complexity index is 835. The van der Waals surface area contributed by atoms with E-state index in [1.54, 1.807) is 37.4 Å². The van der Waals surface area contributed by atoms with Crippen molar-refractivity contribution in [3.05, 3.63) is 48.2 Å². The van der Waals surface area contributed by atoms with E-state index in [-0.39, 0.29) is 17.7 Å². The van der Waals surface area contributed by atoms with Gasteiger partial charge in [0.1, 0.15) is 5.03 Å². The van der Waals surface area contributed by atoms with E-state index in [0.29, 0.717) is 11.3 Å². The summed E-state index contributed by atoms with van der Waals surface area (Å²) < 4.78 is 25.6. The summed E-state index contributed by atoms with van der Waals surface area (Å²) in [6, 6.07) is 10.7. The number of benzene rings is 1. The molecule has 0 aliphatic rings. The molecular formula is C18H23N3O3S2. The van der Waals surface area contributed by atoms with Gasteiger partial charge in [0.2, 0.25) is 10.0 Å². The maximum Gasteiger partial charge on any atom is 0.253 e. The van der Waals surface area contributed by atoms with Gasteiger partial charge >= 0.3 is 0 Å². The summed E-state index contributed by atoms with van der Waals surface area (Å²) in [6.45, 7) is 5.56. The third-order valence-corrected chi connectivity index (χ3v) is 5.98. The van der Waals surface area contributed by atoms with Crippen LogP contribution < -0.4 is 10.0 Å². The summed E-state index contributed by atoms with van der Waals surface area (Å²) in [5, 5.41) is 3.66. The fourth-order valence-electron chi connectivity index (χ4n) is 1.95. The highest BCUT2D eigenvalue weighted by Gasteiger charge is 2.10. The molecule has 1 unspecified atom stereocenters. The maximum absolute atomic E-state index is 12.0. The number of aromatic nitrogens is 1. The first kappa shape index (κ1) is 20.3. The molecular weight excluding hydrogens is 370 g/mol. The van der Waals surface area contributed by atoms with Gasteiger partial charge in [0.15, 0.2) is 0 Å².